The molecule has 2 aromatic rings. The van der Waals surface area contributed by atoms with Gasteiger partial charge in [0.1, 0.15) is 5.75 Å². The van der Waals surface area contributed by atoms with Crippen LogP contribution in [0.1, 0.15) is 36.1 Å². The molecule has 1 unspecified atom stereocenters. The third kappa shape index (κ3) is 3.76. The van der Waals surface area contributed by atoms with Gasteiger partial charge >= 0.3 is 0 Å². The van der Waals surface area contributed by atoms with Crippen molar-refractivity contribution in [1.29, 1.82) is 0 Å². The highest BCUT2D eigenvalue weighted by Crippen LogP contribution is 2.31. The smallest absolute Gasteiger partial charge is 0.124 e. The fraction of sp³-hybridized carbons (Fsp3) is 0.294. The van der Waals surface area contributed by atoms with E-state index in [4.69, 9.17) is 22.2 Å². The molecule has 3 N–H and O–H groups in total. The van der Waals surface area contributed by atoms with Crippen molar-refractivity contribution in [3.63, 3.8) is 0 Å². The molecule has 0 spiro atoms. The second-order valence-corrected chi connectivity index (χ2v) is 5.40. The Morgan fingerprint density at radius 1 is 1.24 bits per heavy atom. The molecule has 0 heterocycles. The second-order valence-electron chi connectivity index (χ2n) is 4.99. The van der Waals surface area contributed by atoms with Gasteiger partial charge in [0, 0.05) is 10.6 Å². The Balaban J connectivity index is 2.38. The van der Waals surface area contributed by atoms with Crippen molar-refractivity contribution in [2.75, 3.05) is 6.61 Å². The van der Waals surface area contributed by atoms with Crippen molar-refractivity contribution in [3.8, 4) is 5.75 Å². The number of hydrazine groups is 1. The quantitative estimate of drug-likeness (QED) is 0.626. The van der Waals surface area contributed by atoms with Gasteiger partial charge in [0.2, 0.25) is 0 Å². The molecule has 112 valence electrons. The number of halogens is 1. The van der Waals surface area contributed by atoms with Crippen molar-refractivity contribution in [1.82, 2.24) is 5.43 Å². The Bertz CT molecular complexity index is 601. The maximum atomic E-state index is 6.10. The monoisotopic (exact) mass is 304 g/mol. The summed E-state index contributed by atoms with van der Waals surface area (Å²) in [5.74, 6) is 6.64. The molecule has 0 aromatic heterocycles. The number of ether oxygens (including phenoxy) is 1. The number of nitrogens with two attached hydrogens (primary N) is 1. The topological polar surface area (TPSA) is 47.3 Å². The predicted molar refractivity (Wildman–Crippen MR) is 87.6 cm³/mol. The maximum Gasteiger partial charge on any atom is 0.124 e. The Labute approximate surface area is 131 Å². The third-order valence-corrected chi connectivity index (χ3v) is 3.80. The molecule has 21 heavy (non-hydrogen) atoms. The molecule has 2 aromatic carbocycles. The molecule has 0 bridgehead atoms. The summed E-state index contributed by atoms with van der Waals surface area (Å²) in [7, 11) is 0. The summed E-state index contributed by atoms with van der Waals surface area (Å²) in [5.41, 5.74) is 5.99. The Morgan fingerprint density at radius 3 is 2.67 bits per heavy atom. The fourth-order valence-corrected chi connectivity index (χ4v) is 2.39. The van der Waals surface area contributed by atoms with Crippen LogP contribution in [0.4, 0.5) is 0 Å². The molecule has 2 rings (SSSR count). The summed E-state index contributed by atoms with van der Waals surface area (Å²) in [6, 6.07) is 13.7. The van der Waals surface area contributed by atoms with E-state index in [1.165, 1.54) is 0 Å². The van der Waals surface area contributed by atoms with Crippen molar-refractivity contribution in [2.45, 2.75) is 26.3 Å². The Kier molecular flexibility index (Phi) is 5.62. The van der Waals surface area contributed by atoms with Gasteiger partial charge < -0.3 is 4.74 Å². The zero-order chi connectivity index (χ0) is 15.2. The fourth-order valence-electron chi connectivity index (χ4n) is 2.28. The Hall–Kier alpha value is -1.55. The summed E-state index contributed by atoms with van der Waals surface area (Å²) in [4.78, 5) is 0. The first kappa shape index (κ1) is 15.8. The van der Waals surface area contributed by atoms with E-state index in [0.29, 0.717) is 6.61 Å². The van der Waals surface area contributed by atoms with Crippen LogP contribution in [0.15, 0.2) is 42.5 Å². The predicted octanol–water partition coefficient (Wildman–Crippen LogP) is 3.99. The molecule has 0 radical (unpaired) electrons. The van der Waals surface area contributed by atoms with E-state index in [2.05, 4.69) is 12.3 Å². The molecule has 0 saturated heterocycles. The lowest BCUT2D eigenvalue weighted by molar-refractivity contribution is 0.311. The van der Waals surface area contributed by atoms with Gasteiger partial charge in [0.25, 0.3) is 0 Å². The van der Waals surface area contributed by atoms with Gasteiger partial charge in [-0.3, -0.25) is 5.84 Å². The average Bonchev–Trinajstić information content (AvgIpc) is 2.50. The van der Waals surface area contributed by atoms with Crippen LogP contribution >= 0.6 is 11.6 Å². The van der Waals surface area contributed by atoms with E-state index in [0.717, 1.165) is 33.9 Å². The second kappa shape index (κ2) is 7.46. The van der Waals surface area contributed by atoms with E-state index in [-0.39, 0.29) is 6.04 Å². The van der Waals surface area contributed by atoms with Gasteiger partial charge in [0.15, 0.2) is 0 Å². The molecule has 3 nitrogen and oxygen atoms in total. The van der Waals surface area contributed by atoms with Gasteiger partial charge in [-0.25, -0.2) is 5.43 Å². The number of benzene rings is 2. The van der Waals surface area contributed by atoms with Crippen LogP contribution < -0.4 is 16.0 Å². The van der Waals surface area contributed by atoms with Crippen molar-refractivity contribution in [2.24, 2.45) is 5.84 Å². The molecular weight excluding hydrogens is 284 g/mol. The summed E-state index contributed by atoms with van der Waals surface area (Å²) >= 11 is 6.10. The first-order valence-electron chi connectivity index (χ1n) is 7.11. The van der Waals surface area contributed by atoms with Crippen molar-refractivity contribution >= 4 is 11.6 Å². The minimum absolute atomic E-state index is 0.131. The first-order chi connectivity index (χ1) is 10.2. The van der Waals surface area contributed by atoms with Crippen molar-refractivity contribution in [3.05, 3.63) is 64.2 Å². The van der Waals surface area contributed by atoms with E-state index in [1.54, 1.807) is 0 Å². The van der Waals surface area contributed by atoms with Crippen LogP contribution in [0.2, 0.25) is 5.02 Å². The highest BCUT2D eigenvalue weighted by molar-refractivity contribution is 6.31. The minimum Gasteiger partial charge on any atom is -0.493 e. The number of hydrogen-bond acceptors (Lipinski definition) is 3. The van der Waals surface area contributed by atoms with Crippen LogP contribution in [0.3, 0.4) is 0 Å². The van der Waals surface area contributed by atoms with E-state index >= 15 is 0 Å². The molecule has 4 heteroatoms. The van der Waals surface area contributed by atoms with Crippen LogP contribution in [0, 0.1) is 6.92 Å². The number of hydrogen-bond donors (Lipinski definition) is 2. The zero-order valence-corrected chi connectivity index (χ0v) is 13.2. The van der Waals surface area contributed by atoms with Gasteiger partial charge in [-0.1, -0.05) is 48.9 Å². The van der Waals surface area contributed by atoms with Crippen LogP contribution in [-0.2, 0) is 0 Å². The summed E-state index contributed by atoms with van der Waals surface area (Å²) in [5, 5.41) is 0.755. The van der Waals surface area contributed by atoms with Crippen LogP contribution in [0.5, 0.6) is 5.75 Å². The maximum absolute atomic E-state index is 6.10. The lowest BCUT2D eigenvalue weighted by atomic mass is 9.97. The number of para-hydroxylation sites is 1. The lowest BCUT2D eigenvalue weighted by Crippen LogP contribution is -2.29. The van der Waals surface area contributed by atoms with E-state index in [9.17, 15) is 0 Å². The largest absolute Gasteiger partial charge is 0.493 e. The molecule has 0 amide bonds. The van der Waals surface area contributed by atoms with Crippen molar-refractivity contribution < 1.29 is 4.74 Å². The SMILES string of the molecule is CCCOc1ccccc1C(NN)c1ccc(Cl)c(C)c1. The van der Waals surface area contributed by atoms with Crippen LogP contribution in [0.25, 0.3) is 0 Å². The zero-order valence-electron chi connectivity index (χ0n) is 12.4. The normalized spacial score (nSPS) is 12.2. The Morgan fingerprint density at radius 2 is 2.00 bits per heavy atom. The molecule has 0 aliphatic rings. The highest BCUT2D eigenvalue weighted by Gasteiger charge is 2.17. The van der Waals surface area contributed by atoms with Gasteiger partial charge in [0.05, 0.1) is 12.6 Å². The van der Waals surface area contributed by atoms with E-state index < -0.39 is 0 Å². The number of rotatable bonds is 6. The molecule has 0 aliphatic heterocycles. The molecule has 0 aliphatic carbocycles. The molecule has 0 fully saturated rings. The van der Waals surface area contributed by atoms with Gasteiger partial charge in [-0.2, -0.15) is 0 Å². The lowest BCUT2D eigenvalue weighted by Gasteiger charge is -2.21. The molecule has 0 saturated carbocycles. The standard InChI is InChI=1S/C17H21ClN2O/c1-3-10-21-16-7-5-4-6-14(16)17(20-19)13-8-9-15(18)12(2)11-13/h4-9,11,17,20H,3,10,19H2,1-2H3. The van der Waals surface area contributed by atoms with Crippen LogP contribution in [-0.4, -0.2) is 6.61 Å². The minimum atomic E-state index is -0.131. The molecular formula is C17H21ClN2O. The summed E-state index contributed by atoms with van der Waals surface area (Å²) < 4.78 is 5.82. The average molecular weight is 305 g/mol. The first-order valence-corrected chi connectivity index (χ1v) is 7.49. The van der Waals surface area contributed by atoms with Gasteiger partial charge in [-0.15, -0.1) is 0 Å². The summed E-state index contributed by atoms with van der Waals surface area (Å²) in [6.45, 7) is 4.76. The third-order valence-electron chi connectivity index (χ3n) is 3.37. The van der Waals surface area contributed by atoms with E-state index in [1.807, 2.05) is 49.4 Å². The highest BCUT2D eigenvalue weighted by atomic mass is 35.5. The number of nitrogens with one attached hydrogen (secondary N) is 1. The molecule has 1 atom stereocenters. The number of aryl methyl sites for hydroxylation is 1. The van der Waals surface area contributed by atoms with Gasteiger partial charge in [-0.05, 0) is 36.6 Å². The summed E-state index contributed by atoms with van der Waals surface area (Å²) in [6.07, 6.45) is 0.967.